The number of pyridine rings is 1. The maximum atomic E-state index is 13.5. The first-order valence-corrected chi connectivity index (χ1v) is 9.74. The van der Waals surface area contributed by atoms with Gasteiger partial charge in [-0.2, -0.15) is 13.2 Å². The lowest BCUT2D eigenvalue weighted by molar-refractivity contribution is -0.137. The van der Waals surface area contributed by atoms with Crippen molar-refractivity contribution in [2.75, 3.05) is 12.4 Å². The minimum absolute atomic E-state index is 0.142. The minimum Gasteiger partial charge on any atom is -0.494 e. The Bertz CT molecular complexity index is 1290. The highest BCUT2D eigenvalue weighted by Gasteiger charge is 2.32. The maximum absolute atomic E-state index is 13.5. The molecule has 0 atom stereocenters. The number of methoxy groups -OCH3 is 1. The molecule has 0 aliphatic rings. The van der Waals surface area contributed by atoms with Crippen LogP contribution in [-0.2, 0) is 11.8 Å². The van der Waals surface area contributed by atoms with Crippen LogP contribution < -0.4 is 10.1 Å². The normalized spacial score (nSPS) is 12.4. The molecule has 0 saturated heterocycles. The summed E-state index contributed by atoms with van der Waals surface area (Å²) in [4.78, 5) is 8.55. The summed E-state index contributed by atoms with van der Waals surface area (Å²) >= 11 is 0. The smallest absolute Gasteiger partial charge is 0.417 e. The number of nitrogens with one attached hydrogen (secondary N) is 1. The molecule has 4 rings (SSSR count). The van der Waals surface area contributed by atoms with Crippen molar-refractivity contribution in [2.45, 2.75) is 32.5 Å². The number of hydrogen-bond acceptors (Lipinski definition) is 5. The van der Waals surface area contributed by atoms with Crippen molar-refractivity contribution in [2.24, 2.45) is 0 Å². The Labute approximate surface area is 182 Å². The van der Waals surface area contributed by atoms with E-state index in [0.717, 1.165) is 23.6 Å². The minimum atomic E-state index is -4.55. The number of anilines is 2. The first-order valence-electron chi connectivity index (χ1n) is 9.74. The molecule has 168 valence electrons. The summed E-state index contributed by atoms with van der Waals surface area (Å²) in [6, 6.07) is 6.18. The number of aryl methyl sites for hydroxylation is 1. The van der Waals surface area contributed by atoms with Gasteiger partial charge in [0.1, 0.15) is 11.4 Å². The summed E-state index contributed by atoms with van der Waals surface area (Å²) < 4.78 is 49.0. The van der Waals surface area contributed by atoms with Gasteiger partial charge in [-0.25, -0.2) is 9.97 Å². The molecule has 2 N–H and O–H groups in total. The molecule has 1 aromatic carbocycles. The lowest BCUT2D eigenvalue weighted by Gasteiger charge is -2.15. The van der Waals surface area contributed by atoms with Gasteiger partial charge in [-0.15, -0.1) is 0 Å². The zero-order valence-corrected chi connectivity index (χ0v) is 17.9. The Balaban J connectivity index is 1.80. The number of imidazole rings is 2. The van der Waals surface area contributed by atoms with Crippen molar-refractivity contribution >= 4 is 17.0 Å². The predicted molar refractivity (Wildman–Crippen MR) is 114 cm³/mol. The Morgan fingerprint density at radius 2 is 1.84 bits per heavy atom. The van der Waals surface area contributed by atoms with Crippen LogP contribution >= 0.6 is 0 Å². The molecule has 3 aromatic heterocycles. The highest BCUT2D eigenvalue weighted by Crippen LogP contribution is 2.35. The van der Waals surface area contributed by atoms with Gasteiger partial charge in [0, 0.05) is 30.3 Å². The zero-order valence-electron chi connectivity index (χ0n) is 17.9. The molecule has 0 radical (unpaired) electrons. The standard InChI is InChI=1S/C22H22F3N5O2/c1-13-9-30(12-26-13)17-6-5-15(8-18(17)32-4)27-16-7-14(22(23,24)25)10-29-11-19(21(2,3)31)28-20(16)29/h5-12,27,31H,1-4H3. The lowest BCUT2D eigenvalue weighted by atomic mass is 10.1. The van der Waals surface area contributed by atoms with E-state index in [-0.39, 0.29) is 17.0 Å². The topological polar surface area (TPSA) is 76.6 Å². The van der Waals surface area contributed by atoms with E-state index >= 15 is 0 Å². The molecule has 0 fully saturated rings. The van der Waals surface area contributed by atoms with Crippen molar-refractivity contribution in [1.82, 2.24) is 18.9 Å². The average molecular weight is 445 g/mol. The van der Waals surface area contributed by atoms with Crippen LogP contribution in [-0.4, -0.2) is 31.2 Å². The number of alkyl halides is 3. The number of nitrogens with zero attached hydrogens (tertiary/aromatic N) is 4. The number of aromatic nitrogens is 4. The van der Waals surface area contributed by atoms with Gasteiger partial charge in [-0.3, -0.25) is 0 Å². The van der Waals surface area contributed by atoms with E-state index < -0.39 is 17.3 Å². The maximum Gasteiger partial charge on any atom is 0.417 e. The van der Waals surface area contributed by atoms with E-state index in [1.165, 1.54) is 31.6 Å². The number of benzene rings is 1. The van der Waals surface area contributed by atoms with Crippen LogP contribution in [0.25, 0.3) is 11.3 Å². The van der Waals surface area contributed by atoms with E-state index in [1.807, 2.05) is 13.1 Å². The molecular weight excluding hydrogens is 423 g/mol. The Kier molecular flexibility index (Phi) is 5.12. The molecule has 0 spiro atoms. The summed E-state index contributed by atoms with van der Waals surface area (Å²) in [6.07, 6.45) is 1.28. The van der Waals surface area contributed by atoms with Gasteiger partial charge in [0.15, 0.2) is 5.65 Å². The van der Waals surface area contributed by atoms with Crippen molar-refractivity contribution in [3.8, 4) is 11.4 Å². The number of ether oxygens (including phenoxy) is 1. The molecule has 0 aliphatic carbocycles. The predicted octanol–water partition coefficient (Wildman–Crippen LogP) is 4.83. The molecule has 0 aliphatic heterocycles. The number of fused-ring (bicyclic) bond motifs is 1. The monoisotopic (exact) mass is 445 g/mol. The van der Waals surface area contributed by atoms with Crippen molar-refractivity contribution in [1.29, 1.82) is 0 Å². The Morgan fingerprint density at radius 1 is 1.09 bits per heavy atom. The third-order valence-corrected chi connectivity index (χ3v) is 4.95. The molecule has 0 saturated carbocycles. The molecule has 10 heteroatoms. The highest BCUT2D eigenvalue weighted by atomic mass is 19.4. The first-order chi connectivity index (χ1) is 15.0. The summed E-state index contributed by atoms with van der Waals surface area (Å²) in [5.41, 5.74) is 0.576. The second-order valence-corrected chi connectivity index (χ2v) is 7.99. The van der Waals surface area contributed by atoms with E-state index in [2.05, 4.69) is 15.3 Å². The first kappa shape index (κ1) is 21.7. The molecule has 0 bridgehead atoms. The van der Waals surface area contributed by atoms with Gasteiger partial charge in [0.05, 0.1) is 41.8 Å². The van der Waals surface area contributed by atoms with Crippen LogP contribution in [0.5, 0.6) is 5.75 Å². The zero-order chi connectivity index (χ0) is 23.3. The summed E-state index contributed by atoms with van der Waals surface area (Å²) in [6.45, 7) is 4.91. The lowest BCUT2D eigenvalue weighted by Crippen LogP contribution is -2.15. The molecule has 0 unspecified atom stereocenters. The van der Waals surface area contributed by atoms with Crippen LogP contribution in [0.1, 0.15) is 30.8 Å². The van der Waals surface area contributed by atoms with Crippen LogP contribution in [0.15, 0.2) is 49.2 Å². The van der Waals surface area contributed by atoms with Crippen LogP contribution in [0.2, 0.25) is 0 Å². The fourth-order valence-corrected chi connectivity index (χ4v) is 3.32. The van der Waals surface area contributed by atoms with Gasteiger partial charge in [-0.05, 0) is 39.0 Å². The SMILES string of the molecule is COc1cc(Nc2cc(C(F)(F)F)cn3cc(C(C)(C)O)nc23)ccc1-n1cnc(C)c1. The van der Waals surface area contributed by atoms with E-state index in [9.17, 15) is 18.3 Å². The number of halogens is 3. The van der Waals surface area contributed by atoms with E-state index in [0.29, 0.717) is 11.4 Å². The van der Waals surface area contributed by atoms with E-state index in [4.69, 9.17) is 4.74 Å². The third kappa shape index (κ3) is 4.13. The second-order valence-electron chi connectivity index (χ2n) is 7.99. The Hall–Kier alpha value is -3.53. The van der Waals surface area contributed by atoms with Crippen LogP contribution in [0.3, 0.4) is 0 Å². The summed E-state index contributed by atoms with van der Waals surface area (Å²) in [5.74, 6) is 0.510. The number of hydrogen-bond donors (Lipinski definition) is 2. The largest absolute Gasteiger partial charge is 0.494 e. The molecule has 4 aromatic rings. The third-order valence-electron chi connectivity index (χ3n) is 4.95. The van der Waals surface area contributed by atoms with Gasteiger partial charge < -0.3 is 24.1 Å². The van der Waals surface area contributed by atoms with Crippen molar-refractivity contribution in [3.63, 3.8) is 0 Å². The quantitative estimate of drug-likeness (QED) is 0.460. The van der Waals surface area contributed by atoms with E-state index in [1.54, 1.807) is 29.1 Å². The van der Waals surface area contributed by atoms with Crippen LogP contribution in [0, 0.1) is 6.92 Å². The Morgan fingerprint density at radius 3 is 2.44 bits per heavy atom. The number of aliphatic hydroxyl groups is 1. The highest BCUT2D eigenvalue weighted by molar-refractivity contribution is 5.76. The van der Waals surface area contributed by atoms with Gasteiger partial charge in [0.25, 0.3) is 0 Å². The molecule has 0 amide bonds. The average Bonchev–Trinajstić information content (AvgIpc) is 3.33. The van der Waals surface area contributed by atoms with Gasteiger partial charge in [-0.1, -0.05) is 0 Å². The van der Waals surface area contributed by atoms with Gasteiger partial charge in [0.2, 0.25) is 0 Å². The summed E-state index contributed by atoms with van der Waals surface area (Å²) in [7, 11) is 1.51. The molecule has 3 heterocycles. The molecule has 7 nitrogen and oxygen atoms in total. The second kappa shape index (κ2) is 7.56. The fourth-order valence-electron chi connectivity index (χ4n) is 3.32. The fraction of sp³-hybridized carbons (Fsp3) is 0.273. The van der Waals surface area contributed by atoms with Crippen molar-refractivity contribution < 1.29 is 23.0 Å². The summed E-state index contributed by atoms with van der Waals surface area (Å²) in [5, 5.41) is 13.3. The van der Waals surface area contributed by atoms with Crippen LogP contribution in [0.4, 0.5) is 24.5 Å². The molecular formula is C22H22F3N5O2. The van der Waals surface area contributed by atoms with Crippen molar-refractivity contribution in [3.05, 3.63) is 66.1 Å². The molecule has 32 heavy (non-hydrogen) atoms. The van der Waals surface area contributed by atoms with Gasteiger partial charge >= 0.3 is 6.18 Å². The number of rotatable bonds is 5.